The predicted octanol–water partition coefficient (Wildman–Crippen LogP) is 1.54. The molecule has 122 valence electrons. The first-order valence-electron chi connectivity index (χ1n) is 7.72. The highest BCUT2D eigenvalue weighted by Crippen LogP contribution is 2.20. The second-order valence-electron chi connectivity index (χ2n) is 6.51. The average Bonchev–Trinajstić information content (AvgIpc) is 2.83. The summed E-state index contributed by atoms with van der Waals surface area (Å²) in [6.07, 6.45) is 1.27. The zero-order valence-electron chi connectivity index (χ0n) is 13.2. The summed E-state index contributed by atoms with van der Waals surface area (Å²) in [7, 11) is 0. The molecule has 1 rings (SSSR count). The summed E-state index contributed by atoms with van der Waals surface area (Å²) in [6.45, 7) is 7.44. The molecule has 0 aromatic carbocycles. The second kappa shape index (κ2) is 8.22. The number of urea groups is 1. The van der Waals surface area contributed by atoms with Crippen molar-refractivity contribution in [2.24, 2.45) is 17.8 Å². The predicted molar refractivity (Wildman–Crippen MR) is 80.0 cm³/mol. The number of aliphatic hydroxyl groups is 1. The van der Waals surface area contributed by atoms with E-state index in [1.165, 1.54) is 0 Å². The Morgan fingerprint density at radius 3 is 2.48 bits per heavy atom. The van der Waals surface area contributed by atoms with Crippen molar-refractivity contribution in [1.29, 1.82) is 0 Å². The van der Waals surface area contributed by atoms with Gasteiger partial charge >= 0.3 is 12.0 Å². The van der Waals surface area contributed by atoms with Gasteiger partial charge in [0.05, 0.1) is 6.10 Å². The molecule has 6 heteroatoms. The molecule has 2 amide bonds. The minimum Gasteiger partial charge on any atom is -0.481 e. The largest absolute Gasteiger partial charge is 0.481 e. The zero-order valence-corrected chi connectivity index (χ0v) is 13.2. The third-order valence-electron chi connectivity index (χ3n) is 4.00. The van der Waals surface area contributed by atoms with E-state index < -0.39 is 12.1 Å². The maximum absolute atomic E-state index is 12.1. The monoisotopic (exact) mass is 300 g/mol. The van der Waals surface area contributed by atoms with Crippen LogP contribution in [0, 0.1) is 17.8 Å². The van der Waals surface area contributed by atoms with Crippen molar-refractivity contribution >= 4 is 12.0 Å². The van der Waals surface area contributed by atoms with Crippen LogP contribution in [0.15, 0.2) is 0 Å². The number of aliphatic hydroxyl groups excluding tert-OH is 1. The summed E-state index contributed by atoms with van der Waals surface area (Å²) in [6, 6.07) is -0.155. The number of nitrogens with one attached hydrogen (secondary N) is 1. The first-order chi connectivity index (χ1) is 9.79. The Hall–Kier alpha value is -1.30. The first-order valence-corrected chi connectivity index (χ1v) is 7.72. The van der Waals surface area contributed by atoms with Gasteiger partial charge < -0.3 is 20.4 Å². The standard InChI is InChI=1S/C15H28N2O4/c1-10(2)6-12(7-14(19)20)8-16-15(21)17-5-4-13(9-17)11(3)18/h10-13,18H,4-9H2,1-3H3,(H,16,21)(H,19,20). The number of amides is 2. The third kappa shape index (κ3) is 6.33. The van der Waals surface area contributed by atoms with Crippen molar-refractivity contribution in [2.75, 3.05) is 19.6 Å². The van der Waals surface area contributed by atoms with Gasteiger partial charge in [0.1, 0.15) is 0 Å². The van der Waals surface area contributed by atoms with Gasteiger partial charge in [0.15, 0.2) is 0 Å². The maximum Gasteiger partial charge on any atom is 0.317 e. The van der Waals surface area contributed by atoms with E-state index in [1.807, 2.05) is 13.8 Å². The first kappa shape index (κ1) is 17.8. The highest BCUT2D eigenvalue weighted by molar-refractivity contribution is 5.74. The van der Waals surface area contributed by atoms with Crippen LogP contribution in [0.2, 0.25) is 0 Å². The van der Waals surface area contributed by atoms with Crippen LogP contribution in [0.4, 0.5) is 4.79 Å². The van der Waals surface area contributed by atoms with Gasteiger partial charge in [0.2, 0.25) is 0 Å². The number of aliphatic carboxylic acids is 1. The molecule has 3 N–H and O–H groups in total. The van der Waals surface area contributed by atoms with Crippen LogP contribution in [-0.2, 0) is 4.79 Å². The van der Waals surface area contributed by atoms with Gasteiger partial charge in [-0.15, -0.1) is 0 Å². The van der Waals surface area contributed by atoms with Crippen LogP contribution < -0.4 is 5.32 Å². The number of rotatable bonds is 7. The molecule has 6 nitrogen and oxygen atoms in total. The Morgan fingerprint density at radius 2 is 2.00 bits per heavy atom. The summed E-state index contributed by atoms with van der Waals surface area (Å²) in [5.74, 6) is -0.328. The smallest absolute Gasteiger partial charge is 0.317 e. The molecule has 0 aliphatic carbocycles. The number of hydrogen-bond acceptors (Lipinski definition) is 3. The fourth-order valence-corrected chi connectivity index (χ4v) is 2.86. The number of likely N-dealkylation sites (tertiary alicyclic amines) is 1. The van der Waals surface area contributed by atoms with Crippen molar-refractivity contribution in [3.8, 4) is 0 Å². The van der Waals surface area contributed by atoms with Crippen LogP contribution in [0.25, 0.3) is 0 Å². The number of hydrogen-bond donors (Lipinski definition) is 3. The van der Waals surface area contributed by atoms with E-state index in [0.717, 1.165) is 12.8 Å². The minimum absolute atomic E-state index is 0.0402. The lowest BCUT2D eigenvalue weighted by molar-refractivity contribution is -0.138. The summed E-state index contributed by atoms with van der Waals surface area (Å²) in [5.41, 5.74) is 0. The lowest BCUT2D eigenvalue weighted by Crippen LogP contribution is -2.41. The van der Waals surface area contributed by atoms with Crippen LogP contribution in [-0.4, -0.2) is 52.9 Å². The van der Waals surface area contributed by atoms with E-state index in [9.17, 15) is 14.7 Å². The molecule has 1 saturated heterocycles. The van der Waals surface area contributed by atoms with Crippen LogP contribution >= 0.6 is 0 Å². The van der Waals surface area contributed by atoms with E-state index >= 15 is 0 Å². The van der Waals surface area contributed by atoms with Crippen molar-refractivity contribution in [3.05, 3.63) is 0 Å². The molecule has 21 heavy (non-hydrogen) atoms. The lowest BCUT2D eigenvalue weighted by Gasteiger charge is -2.22. The Labute approximate surface area is 126 Å². The Morgan fingerprint density at radius 1 is 1.33 bits per heavy atom. The van der Waals surface area contributed by atoms with Gasteiger partial charge in [-0.1, -0.05) is 13.8 Å². The van der Waals surface area contributed by atoms with Gasteiger partial charge in [0.25, 0.3) is 0 Å². The number of nitrogens with zero attached hydrogens (tertiary/aromatic N) is 1. The SMILES string of the molecule is CC(C)CC(CNC(=O)N1CCC(C(C)O)C1)CC(=O)O. The van der Waals surface area contributed by atoms with E-state index in [1.54, 1.807) is 11.8 Å². The summed E-state index contributed by atoms with van der Waals surface area (Å²) < 4.78 is 0. The maximum atomic E-state index is 12.1. The molecular formula is C15H28N2O4. The van der Waals surface area contributed by atoms with E-state index in [4.69, 9.17) is 5.11 Å². The van der Waals surface area contributed by atoms with Gasteiger partial charge in [-0.25, -0.2) is 4.79 Å². The molecule has 0 bridgehead atoms. The fourth-order valence-electron chi connectivity index (χ4n) is 2.86. The third-order valence-corrected chi connectivity index (χ3v) is 4.00. The molecule has 0 spiro atoms. The Kier molecular flexibility index (Phi) is 6.95. The summed E-state index contributed by atoms with van der Waals surface area (Å²) >= 11 is 0. The molecule has 3 unspecified atom stereocenters. The Bertz CT molecular complexity index is 358. The molecule has 1 aliphatic heterocycles. The molecule has 0 saturated carbocycles. The number of carboxylic acid groups (broad SMARTS) is 1. The molecule has 1 heterocycles. The van der Waals surface area contributed by atoms with Gasteiger partial charge in [0, 0.05) is 32.0 Å². The second-order valence-corrected chi connectivity index (χ2v) is 6.51. The van der Waals surface area contributed by atoms with E-state index in [2.05, 4.69) is 5.32 Å². The number of carbonyl (C=O) groups is 2. The van der Waals surface area contributed by atoms with Crippen molar-refractivity contribution in [2.45, 2.75) is 46.1 Å². The van der Waals surface area contributed by atoms with Gasteiger partial charge in [-0.05, 0) is 31.6 Å². The van der Waals surface area contributed by atoms with Crippen molar-refractivity contribution in [3.63, 3.8) is 0 Å². The molecule has 1 fully saturated rings. The molecule has 0 radical (unpaired) electrons. The average molecular weight is 300 g/mol. The Balaban J connectivity index is 2.41. The minimum atomic E-state index is -0.828. The van der Waals surface area contributed by atoms with Gasteiger partial charge in [-0.3, -0.25) is 4.79 Å². The van der Waals surface area contributed by atoms with E-state index in [-0.39, 0.29) is 24.3 Å². The topological polar surface area (TPSA) is 89.9 Å². The van der Waals surface area contributed by atoms with Crippen molar-refractivity contribution in [1.82, 2.24) is 10.2 Å². The molecular weight excluding hydrogens is 272 g/mol. The summed E-state index contributed by atoms with van der Waals surface area (Å²) in [4.78, 5) is 24.6. The fraction of sp³-hybridized carbons (Fsp3) is 0.867. The highest BCUT2D eigenvalue weighted by atomic mass is 16.4. The number of carbonyl (C=O) groups excluding carboxylic acids is 1. The zero-order chi connectivity index (χ0) is 16.0. The quantitative estimate of drug-likeness (QED) is 0.665. The lowest BCUT2D eigenvalue weighted by atomic mass is 9.94. The van der Waals surface area contributed by atoms with Gasteiger partial charge in [-0.2, -0.15) is 0 Å². The normalized spacial score (nSPS) is 21.4. The van der Waals surface area contributed by atoms with Crippen LogP contribution in [0.1, 0.15) is 40.0 Å². The molecule has 0 aromatic heterocycles. The molecule has 1 aliphatic rings. The molecule has 3 atom stereocenters. The summed E-state index contributed by atoms with van der Waals surface area (Å²) in [5, 5.41) is 21.3. The van der Waals surface area contributed by atoms with Crippen LogP contribution in [0.5, 0.6) is 0 Å². The van der Waals surface area contributed by atoms with Crippen LogP contribution in [0.3, 0.4) is 0 Å². The van der Waals surface area contributed by atoms with E-state index in [0.29, 0.717) is 25.6 Å². The number of carboxylic acids is 1. The highest BCUT2D eigenvalue weighted by Gasteiger charge is 2.29. The van der Waals surface area contributed by atoms with Crippen molar-refractivity contribution < 1.29 is 19.8 Å². The molecule has 0 aromatic rings.